The zero-order valence-corrected chi connectivity index (χ0v) is 28.2. The highest BCUT2D eigenvalue weighted by Gasteiger charge is 2.73. The van der Waals surface area contributed by atoms with Gasteiger partial charge in [-0.1, -0.05) is 66.2 Å². The number of unbranched alkanes of at least 4 members (excludes halogenated alkanes) is 2. The number of ether oxygens (including phenoxy) is 3. The second-order valence-electron chi connectivity index (χ2n) is 12.8. The zero-order valence-electron chi connectivity index (χ0n) is 27.4. The van der Waals surface area contributed by atoms with Crippen LogP contribution in [0.15, 0.2) is 78.9 Å². The summed E-state index contributed by atoms with van der Waals surface area (Å²) in [5.74, 6) is -3.68. The van der Waals surface area contributed by atoms with Crippen LogP contribution in [-0.2, 0) is 33.4 Å². The highest BCUT2D eigenvalue weighted by Crippen LogP contribution is 2.56. The van der Waals surface area contributed by atoms with Gasteiger partial charge in [0.05, 0.1) is 24.7 Å². The topological polar surface area (TPSA) is 135 Å². The van der Waals surface area contributed by atoms with Crippen LogP contribution in [0.5, 0.6) is 0 Å². The van der Waals surface area contributed by atoms with Crippen molar-refractivity contribution in [2.75, 3.05) is 38.3 Å². The minimum absolute atomic E-state index is 0.0219. The summed E-state index contributed by atoms with van der Waals surface area (Å²) in [6.45, 7) is 0.496. The largest absolute Gasteiger partial charge is 0.455 e. The number of halogens is 1. The van der Waals surface area contributed by atoms with Crippen LogP contribution in [0.25, 0.3) is 0 Å². The Kier molecular flexibility index (Phi) is 10.8. The summed E-state index contributed by atoms with van der Waals surface area (Å²) in [5.41, 5.74) is -0.173. The molecule has 0 saturated carbocycles. The Morgan fingerprint density at radius 3 is 2.51 bits per heavy atom. The first-order valence-corrected chi connectivity index (χ1v) is 17.2. The third-order valence-corrected chi connectivity index (χ3v) is 10.0. The van der Waals surface area contributed by atoms with Gasteiger partial charge in [0.2, 0.25) is 11.8 Å². The number of rotatable bonds is 9. The van der Waals surface area contributed by atoms with Crippen molar-refractivity contribution in [1.29, 1.82) is 0 Å². The van der Waals surface area contributed by atoms with E-state index in [2.05, 4.69) is 5.32 Å². The van der Waals surface area contributed by atoms with Crippen molar-refractivity contribution in [2.24, 2.45) is 11.8 Å². The molecule has 4 aliphatic heterocycles. The van der Waals surface area contributed by atoms with Crippen molar-refractivity contribution in [1.82, 2.24) is 10.2 Å². The number of nitrogens with one attached hydrogen (secondary N) is 1. The lowest BCUT2D eigenvalue weighted by Gasteiger charge is -2.36. The fourth-order valence-corrected chi connectivity index (χ4v) is 7.65. The molecule has 12 heteroatoms. The number of methoxy groups -OCH3 is 1. The zero-order chi connectivity index (χ0) is 34.5. The second-order valence-corrected chi connectivity index (χ2v) is 13.3. The Balaban J connectivity index is 1.43. The van der Waals surface area contributed by atoms with Gasteiger partial charge in [-0.25, -0.2) is 0 Å². The molecule has 1 spiro atoms. The van der Waals surface area contributed by atoms with E-state index >= 15 is 0 Å². The number of anilines is 1. The molecule has 11 nitrogen and oxygen atoms in total. The van der Waals surface area contributed by atoms with Gasteiger partial charge in [0, 0.05) is 43.9 Å². The summed E-state index contributed by atoms with van der Waals surface area (Å²) in [6, 6.07) is 14.2. The van der Waals surface area contributed by atoms with Crippen molar-refractivity contribution >= 4 is 41.0 Å². The van der Waals surface area contributed by atoms with Crippen molar-refractivity contribution in [3.8, 4) is 0 Å². The molecule has 49 heavy (non-hydrogen) atoms. The molecular weight excluding hydrogens is 650 g/mol. The molecule has 260 valence electrons. The van der Waals surface area contributed by atoms with E-state index in [1.54, 1.807) is 46.2 Å². The van der Waals surface area contributed by atoms with E-state index in [4.69, 9.17) is 25.8 Å². The number of nitrogens with zero attached hydrogens (tertiary/aromatic N) is 2. The summed E-state index contributed by atoms with van der Waals surface area (Å²) >= 11 is 6.20. The number of aliphatic hydroxyl groups excluding tert-OH is 1. The Morgan fingerprint density at radius 2 is 1.78 bits per heavy atom. The van der Waals surface area contributed by atoms with Crippen LogP contribution >= 0.6 is 11.6 Å². The Bertz CT molecular complexity index is 1580. The molecule has 3 amide bonds. The third-order valence-electron chi connectivity index (χ3n) is 9.76. The lowest BCUT2D eigenvalue weighted by Crippen LogP contribution is -2.56. The molecule has 6 rings (SSSR count). The highest BCUT2D eigenvalue weighted by molar-refractivity contribution is 6.30. The predicted octanol–water partition coefficient (Wildman–Crippen LogP) is 3.75. The van der Waals surface area contributed by atoms with Gasteiger partial charge < -0.3 is 34.4 Å². The van der Waals surface area contributed by atoms with Crippen LogP contribution in [0.3, 0.4) is 0 Å². The number of amides is 3. The molecule has 0 aromatic heterocycles. The molecule has 0 aliphatic carbocycles. The molecule has 7 atom stereocenters. The number of fused-ring (bicyclic) bond motifs is 2. The lowest BCUT2D eigenvalue weighted by molar-refractivity contribution is -0.162. The maximum absolute atomic E-state index is 14.9. The normalized spacial score (nSPS) is 30.8. The van der Waals surface area contributed by atoms with E-state index < -0.39 is 47.7 Å². The Hall–Kier alpha value is -4.03. The van der Waals surface area contributed by atoms with E-state index in [-0.39, 0.29) is 50.4 Å². The SMILES string of the molecule is COC[C@@H]1NC(=O)CC/C=C\CN(c2ccc(Cl)cc2)C(=O)[C@H]2N(CCCCCO)C(=O)[C@@H]3[C@@H](C(=O)O[C@H]1c1ccccc1)[C@H]1C=C[C@]32O1. The molecule has 2 aromatic rings. The first-order chi connectivity index (χ1) is 23.8. The molecule has 2 N–H and O–H groups in total. The summed E-state index contributed by atoms with van der Waals surface area (Å²) < 4.78 is 18.3. The van der Waals surface area contributed by atoms with Crippen LogP contribution in [0.2, 0.25) is 5.02 Å². The standard InChI is InChI=1S/C37H42ClN3O8/c1-47-23-27-32(24-11-5-2-6-12-24)48-36(46)30-28-18-19-37(49-28)31(30)34(44)41(21-9-4-10-22-42)33(37)35(45)40(26-16-14-25(38)15-17-26)20-8-3-7-13-29(43)39-27/h2-3,5-6,8,11-12,14-19,27-28,30-33,42H,4,7,9-10,13,20-23H2,1H3,(H,39,43)/b8-3-/t27-,28+,30-,31-,32-,33+,37-/m0/s1. The minimum Gasteiger partial charge on any atom is -0.455 e. The van der Waals surface area contributed by atoms with Crippen molar-refractivity contribution in [3.05, 3.63) is 89.5 Å². The van der Waals surface area contributed by atoms with Gasteiger partial charge in [0.1, 0.15) is 23.7 Å². The summed E-state index contributed by atoms with van der Waals surface area (Å²) in [7, 11) is 1.51. The van der Waals surface area contributed by atoms with Crippen molar-refractivity contribution in [3.63, 3.8) is 0 Å². The lowest BCUT2D eigenvalue weighted by atomic mass is 9.74. The quantitative estimate of drug-likeness (QED) is 0.231. The number of likely N-dealkylation sites (tertiary alicyclic amines) is 1. The fourth-order valence-electron chi connectivity index (χ4n) is 7.52. The van der Waals surface area contributed by atoms with Crippen molar-refractivity contribution < 1.29 is 38.5 Å². The molecule has 5 bridgehead atoms. The number of carbonyl (C=O) groups is 4. The minimum atomic E-state index is -1.40. The van der Waals surface area contributed by atoms with Gasteiger partial charge in [0.15, 0.2) is 0 Å². The number of hydrogen-bond donors (Lipinski definition) is 2. The van der Waals surface area contributed by atoms with E-state index in [0.717, 1.165) is 0 Å². The maximum atomic E-state index is 14.9. The maximum Gasteiger partial charge on any atom is 0.313 e. The highest BCUT2D eigenvalue weighted by atomic mass is 35.5. The monoisotopic (exact) mass is 691 g/mol. The molecule has 2 saturated heterocycles. The molecule has 4 aliphatic rings. The molecule has 2 aromatic carbocycles. The van der Waals surface area contributed by atoms with E-state index in [0.29, 0.717) is 42.0 Å². The summed E-state index contributed by atoms with van der Waals surface area (Å²) in [5, 5.41) is 12.9. The molecular formula is C37H42ClN3O8. The molecule has 4 heterocycles. The van der Waals surface area contributed by atoms with E-state index in [9.17, 15) is 24.3 Å². The number of benzene rings is 2. The van der Waals surface area contributed by atoms with Gasteiger partial charge in [-0.05, 0) is 55.5 Å². The van der Waals surface area contributed by atoms with E-state index in [1.807, 2.05) is 42.5 Å². The Morgan fingerprint density at radius 1 is 1.00 bits per heavy atom. The van der Waals surface area contributed by atoms with Gasteiger partial charge >= 0.3 is 5.97 Å². The van der Waals surface area contributed by atoms with Crippen LogP contribution in [0, 0.1) is 11.8 Å². The van der Waals surface area contributed by atoms with Crippen LogP contribution in [-0.4, -0.2) is 90.9 Å². The number of allylic oxidation sites excluding steroid dienone is 1. The van der Waals surface area contributed by atoms with Crippen LogP contribution in [0.1, 0.15) is 43.8 Å². The smallest absolute Gasteiger partial charge is 0.313 e. The van der Waals surface area contributed by atoms with Gasteiger partial charge in [0.25, 0.3) is 5.91 Å². The van der Waals surface area contributed by atoms with Gasteiger partial charge in [-0.2, -0.15) is 0 Å². The number of carbonyl (C=O) groups excluding carboxylic acids is 4. The molecule has 2 fully saturated rings. The number of aliphatic hydroxyl groups is 1. The summed E-state index contributed by atoms with van der Waals surface area (Å²) in [4.78, 5) is 60.0. The first-order valence-electron chi connectivity index (χ1n) is 16.8. The molecule has 0 radical (unpaired) electrons. The fraction of sp³-hybridized carbons (Fsp3) is 0.459. The first kappa shape index (κ1) is 34.8. The van der Waals surface area contributed by atoms with Gasteiger partial charge in [-0.15, -0.1) is 0 Å². The predicted molar refractivity (Wildman–Crippen MR) is 181 cm³/mol. The van der Waals surface area contributed by atoms with Crippen molar-refractivity contribution in [2.45, 2.75) is 62.0 Å². The van der Waals surface area contributed by atoms with Crippen LogP contribution in [0.4, 0.5) is 5.69 Å². The average molecular weight is 692 g/mol. The third kappa shape index (κ3) is 6.90. The second kappa shape index (κ2) is 15.2. The average Bonchev–Trinajstić information content (AvgIpc) is 3.74. The van der Waals surface area contributed by atoms with Crippen LogP contribution < -0.4 is 10.2 Å². The number of cyclic esters (lactones) is 1. The van der Waals surface area contributed by atoms with E-state index in [1.165, 1.54) is 7.11 Å². The van der Waals surface area contributed by atoms with Gasteiger partial charge in [-0.3, -0.25) is 19.2 Å². The number of esters is 1. The molecule has 0 unspecified atom stereocenters. The number of hydrogen-bond acceptors (Lipinski definition) is 8. The summed E-state index contributed by atoms with van der Waals surface area (Å²) in [6.07, 6.45) is 7.79. The Labute approximate surface area is 290 Å².